The van der Waals surface area contributed by atoms with E-state index < -0.39 is 54.9 Å². The first-order chi connectivity index (χ1) is 16.1. The van der Waals surface area contributed by atoms with Crippen LogP contribution in [0.15, 0.2) is 29.5 Å². The number of aliphatic hydroxyl groups is 2. The van der Waals surface area contributed by atoms with E-state index in [0.29, 0.717) is 35.2 Å². The molecule has 8 nitrogen and oxygen atoms in total. The Labute approximate surface area is 193 Å². The number of benzene rings is 1. The van der Waals surface area contributed by atoms with Gasteiger partial charge >= 0.3 is 0 Å². The van der Waals surface area contributed by atoms with E-state index in [2.05, 4.69) is 20.3 Å². The van der Waals surface area contributed by atoms with E-state index in [9.17, 15) is 28.2 Å². The molecule has 1 aliphatic carbocycles. The average molecular weight is 475 g/mol. The summed E-state index contributed by atoms with van der Waals surface area (Å²) in [6.45, 7) is 0.954. The maximum absolute atomic E-state index is 14.5. The summed E-state index contributed by atoms with van der Waals surface area (Å²) < 4.78 is 43.0. The Morgan fingerprint density at radius 2 is 2.03 bits per heavy atom. The smallest absolute Gasteiger partial charge is 0.273 e. The van der Waals surface area contributed by atoms with Crippen molar-refractivity contribution in [2.45, 2.75) is 62.9 Å². The summed E-state index contributed by atoms with van der Waals surface area (Å²) in [4.78, 5) is 27.3. The molecule has 0 bridgehead atoms. The van der Waals surface area contributed by atoms with Crippen LogP contribution >= 0.6 is 0 Å². The molecule has 0 spiro atoms. The van der Waals surface area contributed by atoms with Crippen molar-refractivity contribution < 1.29 is 28.2 Å². The molecule has 0 radical (unpaired) electrons. The average Bonchev–Trinajstić information content (AvgIpc) is 3.46. The molecule has 4 atom stereocenters. The van der Waals surface area contributed by atoms with E-state index in [1.54, 1.807) is 6.92 Å². The van der Waals surface area contributed by atoms with Crippen molar-refractivity contribution >= 4 is 17.4 Å². The molecule has 180 valence electrons. The molecule has 1 aromatic carbocycles. The number of aryl methyl sites for hydroxylation is 1. The van der Waals surface area contributed by atoms with Gasteiger partial charge in [-0.25, -0.2) is 23.1 Å². The molecular formula is C23H24F3N5O3. The molecule has 1 amide bonds. The summed E-state index contributed by atoms with van der Waals surface area (Å²) in [7, 11) is 0. The number of carbonyl (C=O) groups is 1. The number of aliphatic imine (C=N–C) groups is 1. The SMILES string of the molecule is Cc1ccc(F)cc1[C@H]1CC(F)(F)CN1C(=O)C1=NCc2ncnc(N[C@@H]3CC[C@@H](O)[C@H]3O)c21. The van der Waals surface area contributed by atoms with Crippen molar-refractivity contribution in [3.05, 3.63) is 52.7 Å². The van der Waals surface area contributed by atoms with Gasteiger partial charge in [0.15, 0.2) is 0 Å². The van der Waals surface area contributed by atoms with E-state index in [0.717, 1.165) is 4.90 Å². The van der Waals surface area contributed by atoms with E-state index in [-0.39, 0.29) is 18.1 Å². The highest BCUT2D eigenvalue weighted by molar-refractivity contribution is 6.47. The largest absolute Gasteiger partial charge is 0.390 e. The number of aliphatic hydroxyl groups excluding tert-OH is 2. The number of aromatic nitrogens is 2. The van der Waals surface area contributed by atoms with Gasteiger partial charge in [0.1, 0.15) is 23.7 Å². The quantitative estimate of drug-likeness (QED) is 0.625. The van der Waals surface area contributed by atoms with Crippen LogP contribution < -0.4 is 5.32 Å². The fraction of sp³-hybridized carbons (Fsp3) is 0.478. The summed E-state index contributed by atoms with van der Waals surface area (Å²) in [6.07, 6.45) is -0.314. The predicted molar refractivity (Wildman–Crippen MR) is 116 cm³/mol. The maximum Gasteiger partial charge on any atom is 0.273 e. The van der Waals surface area contributed by atoms with Crippen molar-refractivity contribution in [2.75, 3.05) is 11.9 Å². The van der Waals surface area contributed by atoms with Crippen LogP contribution in [0.2, 0.25) is 0 Å². The number of carbonyl (C=O) groups excluding carboxylic acids is 1. The predicted octanol–water partition coefficient (Wildman–Crippen LogP) is 2.13. The second kappa shape index (κ2) is 8.31. The van der Waals surface area contributed by atoms with Crippen LogP contribution in [0.5, 0.6) is 0 Å². The van der Waals surface area contributed by atoms with E-state index in [4.69, 9.17) is 0 Å². The number of fused-ring (bicyclic) bond motifs is 1. The third-order valence-corrected chi connectivity index (χ3v) is 6.79. The van der Waals surface area contributed by atoms with Crippen LogP contribution in [0, 0.1) is 12.7 Å². The molecule has 3 N–H and O–H groups in total. The molecule has 2 aliphatic heterocycles. The minimum Gasteiger partial charge on any atom is -0.390 e. The monoisotopic (exact) mass is 475 g/mol. The van der Waals surface area contributed by atoms with Crippen molar-refractivity contribution in [1.82, 2.24) is 14.9 Å². The number of nitrogens with one attached hydrogen (secondary N) is 1. The third-order valence-electron chi connectivity index (χ3n) is 6.79. The fourth-order valence-electron chi connectivity index (χ4n) is 5.02. The van der Waals surface area contributed by atoms with Gasteiger partial charge in [-0.05, 0) is 43.0 Å². The van der Waals surface area contributed by atoms with Crippen molar-refractivity contribution in [3.63, 3.8) is 0 Å². The Bertz CT molecular complexity index is 1170. The minimum absolute atomic E-state index is 0.0529. The van der Waals surface area contributed by atoms with Gasteiger partial charge in [-0.15, -0.1) is 0 Å². The van der Waals surface area contributed by atoms with Gasteiger partial charge < -0.3 is 20.4 Å². The van der Waals surface area contributed by atoms with Crippen LogP contribution in [0.3, 0.4) is 0 Å². The van der Waals surface area contributed by atoms with Crippen molar-refractivity contribution in [3.8, 4) is 0 Å². The Morgan fingerprint density at radius 1 is 1.24 bits per heavy atom. The molecule has 5 rings (SSSR count). The number of anilines is 1. The van der Waals surface area contributed by atoms with Gasteiger partial charge in [-0.3, -0.25) is 9.79 Å². The zero-order valence-electron chi connectivity index (χ0n) is 18.4. The molecular weight excluding hydrogens is 451 g/mol. The molecule has 11 heteroatoms. The zero-order valence-corrected chi connectivity index (χ0v) is 18.4. The Balaban J connectivity index is 1.48. The molecule has 3 aliphatic rings. The lowest BCUT2D eigenvalue weighted by molar-refractivity contribution is -0.126. The lowest BCUT2D eigenvalue weighted by Gasteiger charge is -2.26. The highest BCUT2D eigenvalue weighted by Gasteiger charge is 2.49. The number of alkyl halides is 2. The van der Waals surface area contributed by atoms with Crippen molar-refractivity contribution in [2.24, 2.45) is 4.99 Å². The topological polar surface area (TPSA) is 111 Å². The third kappa shape index (κ3) is 3.92. The number of likely N-dealkylation sites (tertiary alicyclic amines) is 1. The van der Waals surface area contributed by atoms with Crippen LogP contribution in [-0.2, 0) is 11.3 Å². The molecule has 0 unspecified atom stereocenters. The molecule has 2 fully saturated rings. The summed E-state index contributed by atoms with van der Waals surface area (Å²) in [5.74, 6) is -4.17. The van der Waals surface area contributed by atoms with E-state index >= 15 is 0 Å². The summed E-state index contributed by atoms with van der Waals surface area (Å²) >= 11 is 0. The summed E-state index contributed by atoms with van der Waals surface area (Å²) in [5.41, 5.74) is 1.64. The molecule has 1 saturated heterocycles. The minimum atomic E-state index is -3.14. The Kier molecular flexibility index (Phi) is 5.56. The van der Waals surface area contributed by atoms with Crippen LogP contribution in [0.1, 0.15) is 47.7 Å². The number of amides is 1. The van der Waals surface area contributed by atoms with Gasteiger partial charge in [-0.2, -0.15) is 0 Å². The Hall–Kier alpha value is -3.05. The summed E-state index contributed by atoms with van der Waals surface area (Å²) in [5, 5.41) is 23.1. The normalized spacial score (nSPS) is 27.6. The number of hydrogen-bond acceptors (Lipinski definition) is 7. The first-order valence-corrected chi connectivity index (χ1v) is 11.1. The Morgan fingerprint density at radius 3 is 2.76 bits per heavy atom. The van der Waals surface area contributed by atoms with E-state index in [1.165, 1.54) is 24.5 Å². The maximum atomic E-state index is 14.5. The van der Waals surface area contributed by atoms with Crippen LogP contribution in [0.25, 0.3) is 0 Å². The number of halogens is 3. The highest BCUT2D eigenvalue weighted by atomic mass is 19.3. The van der Waals surface area contributed by atoms with Gasteiger partial charge in [-0.1, -0.05) is 6.07 Å². The second-order valence-corrected chi connectivity index (χ2v) is 9.10. The second-order valence-electron chi connectivity index (χ2n) is 9.10. The first-order valence-electron chi connectivity index (χ1n) is 11.1. The van der Waals surface area contributed by atoms with Crippen molar-refractivity contribution in [1.29, 1.82) is 0 Å². The van der Waals surface area contributed by atoms with E-state index in [1.807, 2.05) is 0 Å². The molecule has 1 saturated carbocycles. The fourth-order valence-corrected chi connectivity index (χ4v) is 5.02. The molecule has 3 heterocycles. The number of rotatable bonds is 4. The number of nitrogens with zero attached hydrogens (tertiary/aromatic N) is 4. The lowest BCUT2D eigenvalue weighted by Crippen LogP contribution is -2.39. The molecule has 1 aromatic heterocycles. The lowest BCUT2D eigenvalue weighted by atomic mass is 9.98. The van der Waals surface area contributed by atoms with Gasteiger partial charge in [0.05, 0.1) is 48.6 Å². The van der Waals surface area contributed by atoms with Gasteiger partial charge in [0.25, 0.3) is 11.8 Å². The summed E-state index contributed by atoms with van der Waals surface area (Å²) in [6, 6.07) is 2.43. The zero-order chi connectivity index (χ0) is 24.2. The molecule has 2 aromatic rings. The number of hydrogen-bond donors (Lipinski definition) is 3. The van der Waals surface area contributed by atoms with Crippen LogP contribution in [-0.4, -0.2) is 67.4 Å². The van der Waals surface area contributed by atoms with Gasteiger partial charge in [0.2, 0.25) is 0 Å². The van der Waals surface area contributed by atoms with Gasteiger partial charge in [0, 0.05) is 6.42 Å². The van der Waals surface area contributed by atoms with Crippen LogP contribution in [0.4, 0.5) is 19.0 Å². The highest BCUT2D eigenvalue weighted by Crippen LogP contribution is 2.43. The standard InChI is InChI=1S/C23H24F3N5O3/c1-11-2-3-12(24)6-13(11)16-7-23(25,26)9-31(16)22(34)19-18-15(8-27-19)28-10-29-21(18)30-14-4-5-17(32)20(14)33/h2-3,6,10,14,16-17,20,32-33H,4-5,7-9H2,1H3,(H,28,29,30)/t14-,16-,17-,20+/m1/s1. The first kappa shape index (κ1) is 22.7. The molecule has 34 heavy (non-hydrogen) atoms.